The minimum absolute atomic E-state index is 0.223. The van der Waals surface area contributed by atoms with Gasteiger partial charge in [-0.2, -0.15) is 0 Å². The van der Waals surface area contributed by atoms with Gasteiger partial charge in [-0.1, -0.05) is 12.8 Å². The molecule has 1 unspecified atom stereocenters. The van der Waals surface area contributed by atoms with Gasteiger partial charge in [0.15, 0.2) is 0 Å². The summed E-state index contributed by atoms with van der Waals surface area (Å²) in [7, 11) is 2.11. The van der Waals surface area contributed by atoms with Crippen molar-refractivity contribution in [2.45, 2.75) is 68.7 Å². The molecule has 0 radical (unpaired) electrons. The molecule has 0 amide bonds. The van der Waals surface area contributed by atoms with Crippen molar-refractivity contribution >= 4 is 0 Å². The van der Waals surface area contributed by atoms with Gasteiger partial charge in [0, 0.05) is 39.1 Å². The quantitative estimate of drug-likeness (QED) is 0.856. The number of rotatable bonds is 4. The zero-order valence-electron chi connectivity index (χ0n) is 12.8. The van der Waals surface area contributed by atoms with Gasteiger partial charge in [0.2, 0.25) is 0 Å². The molecule has 4 nitrogen and oxygen atoms in total. The molecule has 1 spiro atoms. The molecular weight excluding hydrogens is 254 g/mol. The fraction of sp³-hybridized carbons (Fsp3) is 1.00. The Morgan fingerprint density at radius 2 is 1.80 bits per heavy atom. The van der Waals surface area contributed by atoms with Crippen molar-refractivity contribution in [3.8, 4) is 0 Å². The third-order valence-corrected chi connectivity index (χ3v) is 5.36. The second-order valence-electron chi connectivity index (χ2n) is 7.20. The highest BCUT2D eigenvalue weighted by atomic mass is 16.5. The summed E-state index contributed by atoms with van der Waals surface area (Å²) in [6.07, 6.45) is 9.49. The third kappa shape index (κ3) is 3.35. The summed E-state index contributed by atoms with van der Waals surface area (Å²) in [6, 6.07) is 0. The molecule has 2 aliphatic heterocycles. The van der Waals surface area contributed by atoms with Crippen molar-refractivity contribution in [2.75, 3.05) is 33.4 Å². The first-order valence-electron chi connectivity index (χ1n) is 8.26. The zero-order chi connectivity index (χ0) is 14.1. The molecule has 0 aromatic heterocycles. The standard InChI is InChI=1S/C16H29NO3/c1-17(13-15(18)8-10-19-11-9-15)12-14-4-7-16(20-14)5-2-3-6-16/h14,18H,2-13H2,1H3. The lowest BCUT2D eigenvalue weighted by atomic mass is 9.94. The van der Waals surface area contributed by atoms with E-state index in [0.29, 0.717) is 19.3 Å². The Bertz CT molecular complexity index is 322. The van der Waals surface area contributed by atoms with Crippen LogP contribution < -0.4 is 0 Å². The average molecular weight is 283 g/mol. The van der Waals surface area contributed by atoms with E-state index >= 15 is 0 Å². The summed E-state index contributed by atoms with van der Waals surface area (Å²) in [5.41, 5.74) is -0.336. The molecule has 1 atom stereocenters. The molecule has 4 heteroatoms. The molecule has 0 aromatic carbocycles. The number of likely N-dealkylation sites (N-methyl/N-ethyl adjacent to an activating group) is 1. The van der Waals surface area contributed by atoms with E-state index in [1.807, 2.05) is 0 Å². The van der Waals surface area contributed by atoms with E-state index in [-0.39, 0.29) is 5.60 Å². The van der Waals surface area contributed by atoms with Crippen LogP contribution in [-0.4, -0.2) is 60.7 Å². The van der Waals surface area contributed by atoms with Gasteiger partial charge in [-0.05, 0) is 32.7 Å². The van der Waals surface area contributed by atoms with Crippen molar-refractivity contribution in [2.24, 2.45) is 0 Å². The van der Waals surface area contributed by atoms with E-state index < -0.39 is 5.60 Å². The zero-order valence-corrected chi connectivity index (χ0v) is 12.8. The molecule has 1 N–H and O–H groups in total. The van der Waals surface area contributed by atoms with Crippen LogP contribution in [0.2, 0.25) is 0 Å². The second kappa shape index (κ2) is 5.91. The number of hydrogen-bond acceptors (Lipinski definition) is 4. The van der Waals surface area contributed by atoms with Crippen molar-refractivity contribution < 1.29 is 14.6 Å². The van der Waals surface area contributed by atoms with Crippen molar-refractivity contribution in [3.63, 3.8) is 0 Å². The molecule has 116 valence electrons. The molecule has 1 saturated carbocycles. The largest absolute Gasteiger partial charge is 0.388 e. The summed E-state index contributed by atoms with van der Waals surface area (Å²) in [6.45, 7) is 3.06. The summed E-state index contributed by atoms with van der Waals surface area (Å²) < 4.78 is 11.7. The maximum Gasteiger partial charge on any atom is 0.0817 e. The molecule has 3 fully saturated rings. The predicted octanol–water partition coefficient (Wildman–Crippen LogP) is 1.95. The minimum Gasteiger partial charge on any atom is -0.388 e. The van der Waals surface area contributed by atoms with E-state index in [9.17, 15) is 5.11 Å². The first-order valence-corrected chi connectivity index (χ1v) is 8.26. The second-order valence-corrected chi connectivity index (χ2v) is 7.20. The van der Waals surface area contributed by atoms with Crippen LogP contribution >= 0.6 is 0 Å². The smallest absolute Gasteiger partial charge is 0.0817 e. The summed E-state index contributed by atoms with van der Waals surface area (Å²) in [5.74, 6) is 0. The van der Waals surface area contributed by atoms with Gasteiger partial charge in [-0.15, -0.1) is 0 Å². The first-order chi connectivity index (χ1) is 9.59. The van der Waals surface area contributed by atoms with Crippen molar-refractivity contribution in [1.29, 1.82) is 0 Å². The number of ether oxygens (including phenoxy) is 2. The highest BCUT2D eigenvalue weighted by Gasteiger charge is 2.42. The van der Waals surface area contributed by atoms with E-state index in [0.717, 1.165) is 25.9 Å². The first kappa shape index (κ1) is 14.8. The predicted molar refractivity (Wildman–Crippen MR) is 77.8 cm³/mol. The van der Waals surface area contributed by atoms with Crippen LogP contribution in [0.3, 0.4) is 0 Å². The fourth-order valence-electron chi connectivity index (χ4n) is 4.24. The van der Waals surface area contributed by atoms with E-state index in [4.69, 9.17) is 9.47 Å². The Balaban J connectivity index is 1.46. The molecule has 1 aliphatic carbocycles. The summed E-state index contributed by atoms with van der Waals surface area (Å²) in [4.78, 5) is 2.25. The molecule has 3 rings (SSSR count). The lowest BCUT2D eigenvalue weighted by Crippen LogP contribution is -2.47. The highest BCUT2D eigenvalue weighted by molar-refractivity contribution is 4.94. The molecule has 0 aromatic rings. The van der Waals surface area contributed by atoms with Crippen molar-refractivity contribution in [3.05, 3.63) is 0 Å². The SMILES string of the molecule is CN(CC1CCC2(CCCC2)O1)CC1(O)CCOCC1. The molecule has 0 bridgehead atoms. The van der Waals surface area contributed by atoms with Crippen molar-refractivity contribution in [1.82, 2.24) is 4.90 Å². The Labute approximate surface area is 122 Å². The Morgan fingerprint density at radius 3 is 2.50 bits per heavy atom. The van der Waals surface area contributed by atoms with Crippen LogP contribution in [0.15, 0.2) is 0 Å². The van der Waals surface area contributed by atoms with Gasteiger partial charge < -0.3 is 19.5 Å². The van der Waals surface area contributed by atoms with Crippen LogP contribution in [0.25, 0.3) is 0 Å². The highest BCUT2D eigenvalue weighted by Crippen LogP contribution is 2.43. The molecule has 3 aliphatic rings. The summed E-state index contributed by atoms with van der Waals surface area (Å²) >= 11 is 0. The Hall–Kier alpha value is -0.160. The lowest BCUT2D eigenvalue weighted by Gasteiger charge is -2.36. The number of aliphatic hydroxyl groups is 1. The van der Waals surface area contributed by atoms with Crippen LogP contribution in [0.5, 0.6) is 0 Å². The number of hydrogen-bond donors (Lipinski definition) is 1. The third-order valence-electron chi connectivity index (χ3n) is 5.36. The van der Waals surface area contributed by atoms with Crippen LogP contribution in [0.1, 0.15) is 51.4 Å². The van der Waals surface area contributed by atoms with Gasteiger partial charge in [0.25, 0.3) is 0 Å². The molecule has 2 heterocycles. The monoisotopic (exact) mass is 283 g/mol. The van der Waals surface area contributed by atoms with E-state index in [1.165, 1.54) is 38.5 Å². The molecular formula is C16H29NO3. The normalized spacial score (nSPS) is 32.2. The van der Waals surface area contributed by atoms with Crippen LogP contribution in [0.4, 0.5) is 0 Å². The average Bonchev–Trinajstić information content (AvgIpc) is 3.00. The minimum atomic E-state index is -0.559. The van der Waals surface area contributed by atoms with Gasteiger partial charge >= 0.3 is 0 Å². The van der Waals surface area contributed by atoms with Gasteiger partial charge in [0.05, 0.1) is 17.3 Å². The fourth-order valence-corrected chi connectivity index (χ4v) is 4.24. The van der Waals surface area contributed by atoms with Gasteiger partial charge in [-0.25, -0.2) is 0 Å². The lowest BCUT2D eigenvalue weighted by molar-refractivity contribution is -0.0873. The Morgan fingerprint density at radius 1 is 1.10 bits per heavy atom. The topological polar surface area (TPSA) is 41.9 Å². The molecule has 2 saturated heterocycles. The maximum absolute atomic E-state index is 10.6. The summed E-state index contributed by atoms with van der Waals surface area (Å²) in [5, 5.41) is 10.6. The van der Waals surface area contributed by atoms with Gasteiger partial charge in [-0.3, -0.25) is 0 Å². The molecule has 20 heavy (non-hydrogen) atoms. The van der Waals surface area contributed by atoms with Crippen LogP contribution in [-0.2, 0) is 9.47 Å². The Kier molecular flexibility index (Phi) is 4.37. The van der Waals surface area contributed by atoms with E-state index in [1.54, 1.807) is 0 Å². The maximum atomic E-state index is 10.6. The van der Waals surface area contributed by atoms with Gasteiger partial charge in [0.1, 0.15) is 0 Å². The van der Waals surface area contributed by atoms with E-state index in [2.05, 4.69) is 11.9 Å². The number of nitrogens with zero attached hydrogens (tertiary/aromatic N) is 1. The van der Waals surface area contributed by atoms with Crippen LogP contribution in [0, 0.1) is 0 Å².